The van der Waals surface area contributed by atoms with E-state index in [1.54, 1.807) is 50.2 Å². The quantitative estimate of drug-likeness (QED) is 0.226. The molecule has 0 aromatic heterocycles. The fourth-order valence-corrected chi connectivity index (χ4v) is 4.23. The molecule has 0 spiro atoms. The molecule has 41 heavy (non-hydrogen) atoms. The molecule has 11 heteroatoms. The van der Waals surface area contributed by atoms with Gasteiger partial charge in [-0.15, -0.1) is 0 Å². The number of aryl methyl sites for hydroxylation is 1. The van der Waals surface area contributed by atoms with Crippen LogP contribution in [-0.4, -0.2) is 17.0 Å². The number of para-hydroxylation sites is 1. The van der Waals surface area contributed by atoms with Gasteiger partial charge in [-0.25, -0.2) is 0 Å². The zero-order valence-electron chi connectivity index (χ0n) is 22.3. The van der Waals surface area contributed by atoms with E-state index in [-0.39, 0.29) is 49.0 Å². The minimum atomic E-state index is -5.04. The molecule has 3 aromatic carbocycles. The number of carboxylic acids is 1. The van der Waals surface area contributed by atoms with Gasteiger partial charge in [-0.1, -0.05) is 44.2 Å². The number of aliphatic carboxylic acids is 1. The first kappa shape index (κ1) is 31.5. The lowest BCUT2D eigenvalue weighted by atomic mass is 9.92. The second-order valence-corrected chi connectivity index (χ2v) is 9.98. The van der Waals surface area contributed by atoms with Gasteiger partial charge in [0.25, 0.3) is 5.91 Å². The highest BCUT2D eigenvalue weighted by molar-refractivity contribution is 5.96. The molecular weight excluding hydrogens is 552 g/mol. The number of amides is 1. The third-order valence-corrected chi connectivity index (χ3v) is 6.20. The zero-order valence-corrected chi connectivity index (χ0v) is 22.3. The van der Waals surface area contributed by atoms with Gasteiger partial charge in [-0.2, -0.15) is 26.3 Å². The first-order valence-corrected chi connectivity index (χ1v) is 12.7. The van der Waals surface area contributed by atoms with E-state index in [0.29, 0.717) is 29.0 Å². The van der Waals surface area contributed by atoms with E-state index in [1.807, 2.05) is 6.07 Å². The Morgan fingerprint density at radius 2 is 1.49 bits per heavy atom. The number of carbonyl (C=O) groups is 2. The van der Waals surface area contributed by atoms with Crippen molar-refractivity contribution in [3.8, 4) is 5.75 Å². The van der Waals surface area contributed by atoms with Crippen LogP contribution in [0.2, 0.25) is 0 Å². The molecule has 0 radical (unpaired) electrons. The molecule has 3 rings (SSSR count). The van der Waals surface area contributed by atoms with E-state index in [2.05, 4.69) is 5.32 Å². The average molecular weight is 582 g/mol. The van der Waals surface area contributed by atoms with Crippen molar-refractivity contribution in [3.05, 3.63) is 100 Å². The SMILES string of the molecule is CC(C)CC(NC(=O)c1cc(COc2ccccc2)ccc1CCC(=O)O)c1cc(C(F)(F)F)cc(C(F)(F)F)c1. The Labute approximate surface area is 233 Å². The summed E-state index contributed by atoms with van der Waals surface area (Å²) < 4.78 is 86.8. The number of hydrogen-bond acceptors (Lipinski definition) is 3. The summed E-state index contributed by atoms with van der Waals surface area (Å²) >= 11 is 0. The minimum absolute atomic E-state index is 0.0193. The van der Waals surface area contributed by atoms with Gasteiger partial charge in [-0.3, -0.25) is 9.59 Å². The highest BCUT2D eigenvalue weighted by Crippen LogP contribution is 2.38. The van der Waals surface area contributed by atoms with Crippen molar-refractivity contribution in [2.45, 2.75) is 58.1 Å². The van der Waals surface area contributed by atoms with E-state index in [4.69, 9.17) is 9.84 Å². The number of rotatable bonds is 11. The molecule has 2 N–H and O–H groups in total. The maximum Gasteiger partial charge on any atom is 0.416 e. The summed E-state index contributed by atoms with van der Waals surface area (Å²) in [5.74, 6) is -1.51. The van der Waals surface area contributed by atoms with Crippen molar-refractivity contribution in [2.75, 3.05) is 0 Å². The van der Waals surface area contributed by atoms with Gasteiger partial charge < -0.3 is 15.2 Å². The monoisotopic (exact) mass is 581 g/mol. The Kier molecular flexibility index (Phi) is 10.1. The van der Waals surface area contributed by atoms with Crippen LogP contribution >= 0.6 is 0 Å². The van der Waals surface area contributed by atoms with Gasteiger partial charge in [0.1, 0.15) is 12.4 Å². The van der Waals surface area contributed by atoms with Crippen LogP contribution in [0.15, 0.2) is 66.7 Å². The number of halogens is 6. The second-order valence-electron chi connectivity index (χ2n) is 9.98. The van der Waals surface area contributed by atoms with Crippen LogP contribution < -0.4 is 10.1 Å². The highest BCUT2D eigenvalue weighted by atomic mass is 19.4. The van der Waals surface area contributed by atoms with E-state index in [9.17, 15) is 35.9 Å². The Morgan fingerprint density at radius 3 is 2.02 bits per heavy atom. The molecule has 1 atom stereocenters. The van der Waals surface area contributed by atoms with Crippen molar-refractivity contribution in [3.63, 3.8) is 0 Å². The van der Waals surface area contributed by atoms with Crippen molar-refractivity contribution in [1.82, 2.24) is 5.32 Å². The van der Waals surface area contributed by atoms with Crippen LogP contribution in [0.1, 0.15) is 70.9 Å². The predicted octanol–water partition coefficient (Wildman–Crippen LogP) is 7.84. The van der Waals surface area contributed by atoms with Crippen LogP contribution in [0.3, 0.4) is 0 Å². The van der Waals surface area contributed by atoms with Crippen LogP contribution in [0.25, 0.3) is 0 Å². The largest absolute Gasteiger partial charge is 0.489 e. The lowest BCUT2D eigenvalue weighted by Gasteiger charge is -2.24. The molecule has 0 aliphatic rings. The number of hydrogen-bond donors (Lipinski definition) is 2. The van der Waals surface area contributed by atoms with Gasteiger partial charge in [0.05, 0.1) is 17.2 Å². The number of benzene rings is 3. The standard InChI is InChI=1S/C30H29F6NO4/c1-18(2)12-26(21-14-22(29(31,32)33)16-23(15-21)30(34,35)36)37-28(40)25-13-19(8-9-20(25)10-11-27(38)39)17-41-24-6-4-3-5-7-24/h3-9,13-16,18,26H,10-12,17H2,1-2H3,(H,37,40)(H,38,39). The Hall–Kier alpha value is -4.02. The second kappa shape index (κ2) is 13.1. The zero-order chi connectivity index (χ0) is 30.4. The lowest BCUT2D eigenvalue weighted by molar-refractivity contribution is -0.143. The molecular formula is C30H29F6NO4. The summed E-state index contributed by atoms with van der Waals surface area (Å²) in [4.78, 5) is 24.7. The topological polar surface area (TPSA) is 75.6 Å². The Morgan fingerprint density at radius 1 is 0.878 bits per heavy atom. The van der Waals surface area contributed by atoms with Gasteiger partial charge in [0.15, 0.2) is 0 Å². The summed E-state index contributed by atoms with van der Waals surface area (Å²) in [6, 6.07) is 13.6. The molecule has 5 nitrogen and oxygen atoms in total. The van der Waals surface area contributed by atoms with Crippen LogP contribution in [0.4, 0.5) is 26.3 Å². The van der Waals surface area contributed by atoms with Crippen molar-refractivity contribution >= 4 is 11.9 Å². The first-order valence-electron chi connectivity index (χ1n) is 12.7. The summed E-state index contributed by atoms with van der Waals surface area (Å²) in [5.41, 5.74) is -2.34. The molecule has 0 heterocycles. The van der Waals surface area contributed by atoms with Crippen LogP contribution in [0.5, 0.6) is 5.75 Å². The summed E-state index contributed by atoms with van der Waals surface area (Å²) in [6.07, 6.45) is -10.3. The molecule has 220 valence electrons. The van der Waals surface area contributed by atoms with Crippen LogP contribution in [0, 0.1) is 5.92 Å². The average Bonchev–Trinajstić information content (AvgIpc) is 2.89. The van der Waals surface area contributed by atoms with Crippen LogP contribution in [-0.2, 0) is 30.2 Å². The third kappa shape index (κ3) is 9.26. The Balaban J connectivity index is 1.99. The molecule has 0 aliphatic carbocycles. The maximum absolute atomic E-state index is 13.5. The number of ether oxygens (including phenoxy) is 1. The predicted molar refractivity (Wildman–Crippen MR) is 139 cm³/mol. The smallest absolute Gasteiger partial charge is 0.416 e. The maximum atomic E-state index is 13.5. The minimum Gasteiger partial charge on any atom is -0.489 e. The molecule has 0 fully saturated rings. The Bertz CT molecular complexity index is 1320. The number of carbonyl (C=O) groups excluding carboxylic acids is 1. The third-order valence-electron chi connectivity index (χ3n) is 6.20. The fourth-order valence-electron chi connectivity index (χ4n) is 4.23. The van der Waals surface area contributed by atoms with Gasteiger partial charge in [0.2, 0.25) is 0 Å². The highest BCUT2D eigenvalue weighted by Gasteiger charge is 2.38. The number of alkyl halides is 6. The fraction of sp³-hybridized carbons (Fsp3) is 0.333. The molecule has 0 saturated carbocycles. The van der Waals surface area contributed by atoms with Gasteiger partial charge in [0, 0.05) is 12.0 Å². The molecule has 1 unspecified atom stereocenters. The lowest BCUT2D eigenvalue weighted by Crippen LogP contribution is -2.31. The van der Waals surface area contributed by atoms with E-state index < -0.39 is 41.4 Å². The van der Waals surface area contributed by atoms with Crippen molar-refractivity contribution in [2.24, 2.45) is 5.92 Å². The van der Waals surface area contributed by atoms with Crippen molar-refractivity contribution in [1.29, 1.82) is 0 Å². The summed E-state index contributed by atoms with van der Waals surface area (Å²) in [5, 5.41) is 11.7. The molecule has 1 amide bonds. The number of nitrogens with one attached hydrogen (secondary N) is 1. The number of carboxylic acid groups (broad SMARTS) is 1. The van der Waals surface area contributed by atoms with E-state index in [0.717, 1.165) is 0 Å². The summed E-state index contributed by atoms with van der Waals surface area (Å²) in [6.45, 7) is 3.50. The van der Waals surface area contributed by atoms with Gasteiger partial charge >= 0.3 is 18.3 Å². The molecule has 3 aromatic rings. The summed E-state index contributed by atoms with van der Waals surface area (Å²) in [7, 11) is 0. The van der Waals surface area contributed by atoms with E-state index in [1.165, 1.54) is 6.07 Å². The first-order chi connectivity index (χ1) is 19.1. The normalized spacial score (nSPS) is 12.7. The molecule has 0 aliphatic heterocycles. The van der Waals surface area contributed by atoms with E-state index >= 15 is 0 Å². The molecule has 0 saturated heterocycles. The van der Waals surface area contributed by atoms with Gasteiger partial charge in [-0.05, 0) is 71.8 Å². The van der Waals surface area contributed by atoms with Crippen molar-refractivity contribution < 1.29 is 45.8 Å². The molecule has 0 bridgehead atoms.